The summed E-state index contributed by atoms with van der Waals surface area (Å²) in [5.74, 6) is 0.994. The van der Waals surface area contributed by atoms with Gasteiger partial charge in [0.1, 0.15) is 5.75 Å². The summed E-state index contributed by atoms with van der Waals surface area (Å²) in [6, 6.07) is 15.5. The maximum absolute atomic E-state index is 11.7. The molecule has 1 heterocycles. The second-order valence-corrected chi connectivity index (χ2v) is 5.04. The van der Waals surface area contributed by atoms with Gasteiger partial charge in [-0.1, -0.05) is 30.3 Å². The number of carbonyl (C=O) groups is 1. The van der Waals surface area contributed by atoms with Gasteiger partial charge in [-0.05, 0) is 35.7 Å². The van der Waals surface area contributed by atoms with Gasteiger partial charge < -0.3 is 15.4 Å². The van der Waals surface area contributed by atoms with Gasteiger partial charge >= 0.3 is 6.03 Å². The summed E-state index contributed by atoms with van der Waals surface area (Å²) in [5.41, 5.74) is 3.28. The molecule has 0 fully saturated rings. The molecule has 0 unspecified atom stereocenters. The summed E-state index contributed by atoms with van der Waals surface area (Å²) in [5, 5.41) is 5.67. The molecule has 108 valence electrons. The van der Waals surface area contributed by atoms with Crippen molar-refractivity contribution in [1.82, 2.24) is 5.32 Å². The minimum Gasteiger partial charge on any atom is -0.493 e. The number of hydrogen-bond acceptors (Lipinski definition) is 2. The van der Waals surface area contributed by atoms with Crippen LogP contribution in [-0.2, 0) is 12.8 Å². The number of hydrogen-bond donors (Lipinski definition) is 2. The number of anilines is 1. The van der Waals surface area contributed by atoms with Crippen molar-refractivity contribution in [2.75, 3.05) is 18.5 Å². The van der Waals surface area contributed by atoms with Crippen molar-refractivity contribution < 1.29 is 9.53 Å². The largest absolute Gasteiger partial charge is 0.493 e. The highest BCUT2D eigenvalue weighted by Crippen LogP contribution is 2.25. The summed E-state index contributed by atoms with van der Waals surface area (Å²) in [6.07, 6.45) is 1.79. The van der Waals surface area contributed by atoms with Gasteiger partial charge in [0, 0.05) is 18.7 Å². The molecule has 0 saturated heterocycles. The molecular weight excluding hydrogens is 264 g/mol. The van der Waals surface area contributed by atoms with Crippen LogP contribution in [0, 0.1) is 0 Å². The van der Waals surface area contributed by atoms with Gasteiger partial charge in [-0.3, -0.25) is 0 Å². The number of urea groups is 1. The lowest BCUT2D eigenvalue weighted by atomic mass is 10.1. The summed E-state index contributed by atoms with van der Waals surface area (Å²) < 4.78 is 5.48. The number of nitrogens with one attached hydrogen (secondary N) is 2. The predicted molar refractivity (Wildman–Crippen MR) is 82.8 cm³/mol. The minimum absolute atomic E-state index is 0.175. The highest BCUT2D eigenvalue weighted by molar-refractivity contribution is 5.89. The van der Waals surface area contributed by atoms with Crippen molar-refractivity contribution in [2.45, 2.75) is 12.8 Å². The Morgan fingerprint density at radius 1 is 1.14 bits per heavy atom. The Hall–Kier alpha value is -2.49. The van der Waals surface area contributed by atoms with Crippen LogP contribution in [0.4, 0.5) is 10.5 Å². The van der Waals surface area contributed by atoms with Crippen LogP contribution in [0.3, 0.4) is 0 Å². The predicted octanol–water partition coefficient (Wildman–Crippen LogP) is 2.99. The summed E-state index contributed by atoms with van der Waals surface area (Å²) >= 11 is 0. The van der Waals surface area contributed by atoms with Crippen molar-refractivity contribution in [3.63, 3.8) is 0 Å². The molecule has 0 spiro atoms. The molecule has 4 heteroatoms. The molecule has 0 aromatic heterocycles. The summed E-state index contributed by atoms with van der Waals surface area (Å²) in [4.78, 5) is 11.7. The minimum atomic E-state index is -0.175. The van der Waals surface area contributed by atoms with Crippen molar-refractivity contribution in [3.05, 3.63) is 59.7 Å². The van der Waals surface area contributed by atoms with Crippen molar-refractivity contribution >= 4 is 11.7 Å². The Morgan fingerprint density at radius 3 is 2.86 bits per heavy atom. The molecule has 21 heavy (non-hydrogen) atoms. The first-order valence-corrected chi connectivity index (χ1v) is 7.16. The first kappa shape index (κ1) is 13.5. The van der Waals surface area contributed by atoms with E-state index in [1.54, 1.807) is 0 Å². The highest BCUT2D eigenvalue weighted by atomic mass is 16.5. The lowest BCUT2D eigenvalue weighted by Gasteiger charge is -2.08. The number of carbonyl (C=O) groups excluding carboxylic acids is 1. The molecule has 1 aliphatic rings. The zero-order valence-electron chi connectivity index (χ0n) is 11.8. The number of rotatable bonds is 4. The lowest BCUT2D eigenvalue weighted by Crippen LogP contribution is -2.30. The molecule has 2 aromatic carbocycles. The maximum Gasteiger partial charge on any atom is 0.319 e. The molecule has 3 rings (SSSR count). The number of ether oxygens (including phenoxy) is 1. The van der Waals surface area contributed by atoms with E-state index in [1.807, 2.05) is 36.4 Å². The van der Waals surface area contributed by atoms with Crippen LogP contribution < -0.4 is 15.4 Å². The van der Waals surface area contributed by atoms with Gasteiger partial charge in [0.2, 0.25) is 0 Å². The van der Waals surface area contributed by atoms with E-state index in [0.717, 1.165) is 30.9 Å². The molecule has 0 aliphatic carbocycles. The number of para-hydroxylation sites is 1. The van der Waals surface area contributed by atoms with Crippen LogP contribution in [0.1, 0.15) is 11.1 Å². The van der Waals surface area contributed by atoms with Gasteiger partial charge in [-0.15, -0.1) is 0 Å². The molecule has 4 nitrogen and oxygen atoms in total. The SMILES string of the molecule is O=C(NCCc1ccc2c(c1)CCO2)Nc1ccccc1. The molecule has 2 aromatic rings. The first-order chi connectivity index (χ1) is 10.3. The molecule has 0 saturated carbocycles. The van der Waals surface area contributed by atoms with E-state index in [-0.39, 0.29) is 6.03 Å². The van der Waals surface area contributed by atoms with Crippen LogP contribution in [-0.4, -0.2) is 19.2 Å². The quantitative estimate of drug-likeness (QED) is 0.905. The maximum atomic E-state index is 11.7. The summed E-state index contributed by atoms with van der Waals surface area (Å²) in [6.45, 7) is 1.38. The fourth-order valence-electron chi connectivity index (χ4n) is 2.41. The lowest BCUT2D eigenvalue weighted by molar-refractivity contribution is 0.252. The highest BCUT2D eigenvalue weighted by Gasteiger charge is 2.11. The average molecular weight is 282 g/mol. The monoisotopic (exact) mass is 282 g/mol. The summed E-state index contributed by atoms with van der Waals surface area (Å²) in [7, 11) is 0. The Bertz CT molecular complexity index is 626. The molecule has 1 aliphatic heterocycles. The zero-order chi connectivity index (χ0) is 14.5. The molecule has 0 bridgehead atoms. The van der Waals surface area contributed by atoms with Crippen molar-refractivity contribution in [2.24, 2.45) is 0 Å². The molecule has 0 radical (unpaired) electrons. The standard InChI is InChI=1S/C17H18N2O2/c20-17(19-15-4-2-1-3-5-15)18-10-8-13-6-7-16-14(12-13)9-11-21-16/h1-7,12H,8-11H2,(H2,18,19,20). The van der Waals surface area contributed by atoms with E-state index in [4.69, 9.17) is 4.74 Å². The van der Waals surface area contributed by atoms with Crippen LogP contribution in [0.2, 0.25) is 0 Å². The van der Waals surface area contributed by atoms with E-state index in [0.29, 0.717) is 6.54 Å². The second-order valence-electron chi connectivity index (χ2n) is 5.04. The molecule has 0 atom stereocenters. The molecular formula is C17H18N2O2. The second kappa shape index (κ2) is 6.31. The van der Waals surface area contributed by atoms with E-state index in [9.17, 15) is 4.79 Å². The molecule has 2 amide bonds. The topological polar surface area (TPSA) is 50.4 Å². The van der Waals surface area contributed by atoms with Gasteiger partial charge in [0.05, 0.1) is 6.61 Å². The van der Waals surface area contributed by atoms with Crippen LogP contribution in [0.5, 0.6) is 5.75 Å². The number of benzene rings is 2. The van der Waals surface area contributed by atoms with Gasteiger partial charge in [0.25, 0.3) is 0 Å². The normalized spacial score (nSPS) is 12.4. The van der Waals surface area contributed by atoms with Crippen LogP contribution in [0.15, 0.2) is 48.5 Å². The smallest absolute Gasteiger partial charge is 0.319 e. The first-order valence-electron chi connectivity index (χ1n) is 7.16. The third-order valence-corrected chi connectivity index (χ3v) is 3.48. The van der Waals surface area contributed by atoms with Gasteiger partial charge in [-0.2, -0.15) is 0 Å². The van der Waals surface area contributed by atoms with E-state index >= 15 is 0 Å². The Labute approximate surface area is 124 Å². The zero-order valence-corrected chi connectivity index (χ0v) is 11.8. The fourth-order valence-corrected chi connectivity index (χ4v) is 2.41. The average Bonchev–Trinajstić information content (AvgIpc) is 2.96. The third-order valence-electron chi connectivity index (χ3n) is 3.48. The third kappa shape index (κ3) is 3.54. The van der Waals surface area contributed by atoms with E-state index in [1.165, 1.54) is 11.1 Å². The number of fused-ring (bicyclic) bond motifs is 1. The van der Waals surface area contributed by atoms with Crippen molar-refractivity contribution in [3.8, 4) is 5.75 Å². The van der Waals surface area contributed by atoms with Gasteiger partial charge in [0.15, 0.2) is 0 Å². The number of amides is 2. The van der Waals surface area contributed by atoms with Crippen LogP contribution >= 0.6 is 0 Å². The molecule has 2 N–H and O–H groups in total. The Kier molecular flexibility index (Phi) is 4.05. The van der Waals surface area contributed by atoms with Crippen LogP contribution in [0.25, 0.3) is 0 Å². The van der Waals surface area contributed by atoms with Gasteiger partial charge in [-0.25, -0.2) is 4.79 Å². The van der Waals surface area contributed by atoms with Crippen molar-refractivity contribution in [1.29, 1.82) is 0 Å². The Morgan fingerprint density at radius 2 is 2.00 bits per heavy atom. The van der Waals surface area contributed by atoms with E-state index < -0.39 is 0 Å². The fraction of sp³-hybridized carbons (Fsp3) is 0.235. The van der Waals surface area contributed by atoms with E-state index in [2.05, 4.69) is 22.8 Å². The Balaban J connectivity index is 1.46.